The van der Waals surface area contributed by atoms with Gasteiger partial charge in [-0.3, -0.25) is 13.9 Å². The molecule has 1 aliphatic carbocycles. The zero-order chi connectivity index (χ0) is 26.6. The molecule has 200 valence electrons. The van der Waals surface area contributed by atoms with Crippen molar-refractivity contribution in [3.8, 4) is 11.5 Å². The van der Waals surface area contributed by atoms with E-state index >= 15 is 0 Å². The van der Waals surface area contributed by atoms with Gasteiger partial charge in [-0.25, -0.2) is 8.42 Å². The second-order valence-electron chi connectivity index (χ2n) is 9.42. The Morgan fingerprint density at radius 1 is 1.08 bits per heavy atom. The number of halogens is 1. The molecular formula is C26H32ClN3O6S. The Balaban J connectivity index is 1.60. The lowest BCUT2D eigenvalue weighted by Gasteiger charge is -2.32. The highest BCUT2D eigenvalue weighted by atomic mass is 35.5. The highest BCUT2D eigenvalue weighted by Gasteiger charge is 2.32. The maximum atomic E-state index is 13.7. The molecule has 0 radical (unpaired) electrons. The summed E-state index contributed by atoms with van der Waals surface area (Å²) in [6, 6.07) is 11.0. The molecule has 0 bridgehead atoms. The van der Waals surface area contributed by atoms with Crippen LogP contribution in [0.3, 0.4) is 0 Å². The summed E-state index contributed by atoms with van der Waals surface area (Å²) in [5.41, 5.74) is 0.998. The zero-order valence-electron chi connectivity index (χ0n) is 21.0. The summed E-state index contributed by atoms with van der Waals surface area (Å²) in [6.07, 6.45) is 4.97. The lowest BCUT2D eigenvalue weighted by Crippen LogP contribution is -2.52. The number of rotatable bonds is 9. The van der Waals surface area contributed by atoms with E-state index in [9.17, 15) is 18.0 Å². The van der Waals surface area contributed by atoms with Crippen LogP contribution in [-0.2, 0) is 26.2 Å². The monoisotopic (exact) mass is 549 g/mol. The molecule has 1 saturated carbocycles. The molecule has 37 heavy (non-hydrogen) atoms. The Morgan fingerprint density at radius 2 is 1.78 bits per heavy atom. The second kappa shape index (κ2) is 11.6. The van der Waals surface area contributed by atoms with E-state index in [0.717, 1.165) is 41.8 Å². The summed E-state index contributed by atoms with van der Waals surface area (Å²) in [4.78, 5) is 28.2. The van der Waals surface area contributed by atoms with Crippen molar-refractivity contribution in [1.29, 1.82) is 0 Å². The van der Waals surface area contributed by atoms with Gasteiger partial charge in [0.05, 0.1) is 11.9 Å². The smallest absolute Gasteiger partial charge is 0.244 e. The van der Waals surface area contributed by atoms with Crippen molar-refractivity contribution < 1.29 is 27.5 Å². The third-order valence-corrected chi connectivity index (χ3v) is 7.98. The zero-order valence-corrected chi connectivity index (χ0v) is 22.6. The van der Waals surface area contributed by atoms with Crippen LogP contribution in [-0.4, -0.2) is 63.2 Å². The van der Waals surface area contributed by atoms with E-state index in [0.29, 0.717) is 29.7 Å². The van der Waals surface area contributed by atoms with Crippen LogP contribution < -0.4 is 19.1 Å². The van der Waals surface area contributed by atoms with E-state index in [1.54, 1.807) is 43.3 Å². The van der Waals surface area contributed by atoms with Gasteiger partial charge in [0.2, 0.25) is 21.8 Å². The van der Waals surface area contributed by atoms with E-state index in [4.69, 9.17) is 21.1 Å². The van der Waals surface area contributed by atoms with Gasteiger partial charge in [0, 0.05) is 23.7 Å². The average Bonchev–Trinajstić information content (AvgIpc) is 3.37. The van der Waals surface area contributed by atoms with Gasteiger partial charge in [-0.1, -0.05) is 36.6 Å². The molecule has 1 atom stereocenters. The molecule has 1 fully saturated rings. The molecule has 1 N–H and O–H groups in total. The quantitative estimate of drug-likeness (QED) is 0.514. The number of hydrogen-bond acceptors (Lipinski definition) is 6. The first-order valence-electron chi connectivity index (χ1n) is 12.3. The summed E-state index contributed by atoms with van der Waals surface area (Å²) in [6.45, 7) is 2.01. The number of ether oxygens (including phenoxy) is 2. The molecule has 11 heteroatoms. The van der Waals surface area contributed by atoms with Gasteiger partial charge in [0.25, 0.3) is 0 Å². The molecule has 1 heterocycles. The van der Waals surface area contributed by atoms with E-state index in [-0.39, 0.29) is 24.2 Å². The number of amides is 2. The highest BCUT2D eigenvalue weighted by molar-refractivity contribution is 7.92. The third kappa shape index (κ3) is 6.87. The van der Waals surface area contributed by atoms with Gasteiger partial charge in [-0.2, -0.15) is 0 Å². The number of nitrogens with zero attached hydrogens (tertiary/aromatic N) is 2. The van der Waals surface area contributed by atoms with Crippen molar-refractivity contribution in [1.82, 2.24) is 10.2 Å². The van der Waals surface area contributed by atoms with Crippen LogP contribution in [0.15, 0.2) is 42.5 Å². The second-order valence-corrected chi connectivity index (χ2v) is 11.8. The van der Waals surface area contributed by atoms with Gasteiger partial charge < -0.3 is 19.7 Å². The Hall–Kier alpha value is -2.98. The maximum Gasteiger partial charge on any atom is 0.244 e. The molecule has 9 nitrogen and oxygen atoms in total. The van der Waals surface area contributed by atoms with E-state index in [1.807, 2.05) is 6.07 Å². The summed E-state index contributed by atoms with van der Waals surface area (Å²) < 4.78 is 37.7. The Labute approximate surface area is 222 Å². The van der Waals surface area contributed by atoms with E-state index in [2.05, 4.69) is 5.32 Å². The number of benzene rings is 2. The fourth-order valence-electron chi connectivity index (χ4n) is 4.61. The molecule has 0 saturated heterocycles. The van der Waals surface area contributed by atoms with Gasteiger partial charge >= 0.3 is 0 Å². The van der Waals surface area contributed by atoms with Crippen LogP contribution in [0.2, 0.25) is 5.02 Å². The van der Waals surface area contributed by atoms with Gasteiger partial charge in [0.15, 0.2) is 11.5 Å². The minimum Gasteiger partial charge on any atom is -0.486 e. The number of hydrogen-bond donors (Lipinski definition) is 1. The molecule has 0 aromatic heterocycles. The largest absolute Gasteiger partial charge is 0.486 e. The number of carbonyl (C=O) groups is 2. The average molecular weight is 550 g/mol. The van der Waals surface area contributed by atoms with Gasteiger partial charge in [-0.15, -0.1) is 0 Å². The first kappa shape index (κ1) is 27.1. The predicted octanol–water partition coefficient (Wildman–Crippen LogP) is 3.35. The van der Waals surface area contributed by atoms with Gasteiger partial charge in [-0.05, 0) is 49.6 Å². The lowest BCUT2D eigenvalue weighted by molar-refractivity contribution is -0.139. The van der Waals surface area contributed by atoms with Crippen molar-refractivity contribution in [3.63, 3.8) is 0 Å². The molecule has 2 aromatic carbocycles. The minimum absolute atomic E-state index is 0.0864. The number of sulfonamides is 1. The molecule has 2 amide bonds. The van der Waals surface area contributed by atoms with Crippen molar-refractivity contribution in [2.45, 2.75) is 51.2 Å². The highest BCUT2D eigenvalue weighted by Crippen LogP contribution is 2.34. The normalized spacial score (nSPS) is 16.2. The first-order valence-corrected chi connectivity index (χ1v) is 14.6. The van der Waals surface area contributed by atoms with Crippen LogP contribution >= 0.6 is 11.6 Å². The van der Waals surface area contributed by atoms with E-state index in [1.165, 1.54) is 4.90 Å². The molecule has 1 aliphatic heterocycles. The summed E-state index contributed by atoms with van der Waals surface area (Å²) in [5.74, 6) is 0.126. The summed E-state index contributed by atoms with van der Waals surface area (Å²) in [7, 11) is -3.85. The van der Waals surface area contributed by atoms with Crippen LogP contribution in [0.5, 0.6) is 11.5 Å². The fourth-order valence-corrected chi connectivity index (χ4v) is 5.66. The van der Waals surface area contributed by atoms with Crippen molar-refractivity contribution in [3.05, 3.63) is 53.1 Å². The number of fused-ring (bicyclic) bond motifs is 1. The van der Waals surface area contributed by atoms with Crippen LogP contribution in [0.25, 0.3) is 0 Å². The molecular weight excluding hydrogens is 518 g/mol. The molecule has 2 aromatic rings. The van der Waals surface area contributed by atoms with Crippen LogP contribution in [0, 0.1) is 0 Å². The molecule has 1 unspecified atom stereocenters. The van der Waals surface area contributed by atoms with Crippen LogP contribution in [0.1, 0.15) is 38.2 Å². The number of nitrogens with one attached hydrogen (secondary N) is 1. The SMILES string of the molecule is CC(C(=O)NC1CCCC1)N(Cc1cccc(Cl)c1)C(=O)CN(c1ccc2c(c1)OCCO2)S(C)(=O)=O. The summed E-state index contributed by atoms with van der Waals surface area (Å²) in [5, 5.41) is 3.54. The predicted molar refractivity (Wildman–Crippen MR) is 141 cm³/mol. The first-order chi connectivity index (χ1) is 17.6. The maximum absolute atomic E-state index is 13.7. The topological polar surface area (TPSA) is 105 Å². The standard InChI is InChI=1S/C26H32ClN3O6S/c1-18(26(32)28-21-8-3-4-9-21)29(16-19-6-5-7-20(27)14-19)25(31)17-30(37(2,33)34)22-10-11-23-24(15-22)36-13-12-35-23/h5-7,10-11,14-15,18,21H,3-4,8-9,12-13,16-17H2,1-2H3,(H,28,32). The Morgan fingerprint density at radius 3 is 2.46 bits per heavy atom. The fraction of sp³-hybridized carbons (Fsp3) is 0.462. The number of anilines is 1. The number of carbonyl (C=O) groups excluding carboxylic acids is 2. The molecule has 4 rings (SSSR count). The van der Waals surface area contributed by atoms with Crippen molar-refractivity contribution in [2.24, 2.45) is 0 Å². The Bertz CT molecular complexity index is 1250. The summed E-state index contributed by atoms with van der Waals surface area (Å²) >= 11 is 6.15. The molecule has 2 aliphatic rings. The van der Waals surface area contributed by atoms with Crippen molar-refractivity contribution in [2.75, 3.05) is 30.3 Å². The molecule has 0 spiro atoms. The van der Waals surface area contributed by atoms with E-state index < -0.39 is 28.5 Å². The third-order valence-electron chi connectivity index (χ3n) is 6.60. The van der Waals surface area contributed by atoms with Gasteiger partial charge in [0.1, 0.15) is 25.8 Å². The van der Waals surface area contributed by atoms with Crippen molar-refractivity contribution >= 4 is 39.1 Å². The van der Waals surface area contributed by atoms with Crippen LogP contribution in [0.4, 0.5) is 5.69 Å². The Kier molecular flexibility index (Phi) is 8.49. The lowest BCUT2D eigenvalue weighted by atomic mass is 10.1. The minimum atomic E-state index is -3.85.